The number of benzene rings is 1. The van der Waals surface area contributed by atoms with Crippen molar-refractivity contribution in [2.75, 3.05) is 0 Å². The summed E-state index contributed by atoms with van der Waals surface area (Å²) < 4.78 is 26.6. The van der Waals surface area contributed by atoms with Gasteiger partial charge in [-0.3, -0.25) is 0 Å². The van der Waals surface area contributed by atoms with E-state index in [1.165, 1.54) is 12.1 Å². The van der Waals surface area contributed by atoms with Gasteiger partial charge in [-0.05, 0) is 30.9 Å². The minimum absolute atomic E-state index is 0.0147. The normalized spacial score (nSPS) is 18.1. The minimum Gasteiger partial charge on any atom is -0.324 e. The predicted molar refractivity (Wildman–Crippen MR) is 75.7 cm³/mol. The first-order chi connectivity index (χ1) is 10.1. The Morgan fingerprint density at radius 3 is 2.90 bits per heavy atom. The highest BCUT2D eigenvalue weighted by molar-refractivity contribution is 5.26. The summed E-state index contributed by atoms with van der Waals surface area (Å²) in [4.78, 5) is 8.82. The molecule has 2 aromatic rings. The van der Waals surface area contributed by atoms with Gasteiger partial charge in [0.15, 0.2) is 0 Å². The van der Waals surface area contributed by atoms with Gasteiger partial charge in [-0.1, -0.05) is 12.5 Å². The molecule has 0 fully saturated rings. The molecule has 0 bridgehead atoms. The van der Waals surface area contributed by atoms with Crippen molar-refractivity contribution >= 4 is 0 Å². The number of hydrogen-bond donors (Lipinski definition) is 1. The minimum atomic E-state index is -0.579. The summed E-state index contributed by atoms with van der Waals surface area (Å²) in [6.45, 7) is 0. The number of nitrogens with zero attached hydrogens (tertiary/aromatic N) is 2. The van der Waals surface area contributed by atoms with Gasteiger partial charge in [-0.25, -0.2) is 18.7 Å². The van der Waals surface area contributed by atoms with Crippen molar-refractivity contribution in [1.29, 1.82) is 0 Å². The Bertz CT molecular complexity index is 658. The van der Waals surface area contributed by atoms with Crippen LogP contribution in [0.5, 0.6) is 0 Å². The topological polar surface area (TPSA) is 51.8 Å². The Kier molecular flexibility index (Phi) is 3.92. The molecule has 2 N–H and O–H groups in total. The highest BCUT2D eigenvalue weighted by Crippen LogP contribution is 2.25. The third kappa shape index (κ3) is 3.08. The lowest BCUT2D eigenvalue weighted by Crippen LogP contribution is -2.13. The van der Waals surface area contributed by atoms with Crippen LogP contribution in [0.2, 0.25) is 0 Å². The predicted octanol–water partition coefficient (Wildman–Crippen LogP) is 3.07. The Hall–Kier alpha value is -1.88. The van der Waals surface area contributed by atoms with Gasteiger partial charge >= 0.3 is 0 Å². The molecule has 0 aliphatic heterocycles. The largest absolute Gasteiger partial charge is 0.324 e. The fourth-order valence-electron chi connectivity index (χ4n) is 2.71. The molecule has 1 aliphatic carbocycles. The molecular formula is C16H17F2N3. The van der Waals surface area contributed by atoms with Crippen molar-refractivity contribution in [1.82, 2.24) is 9.97 Å². The number of nitrogens with two attached hydrogens (primary N) is 1. The maximum atomic E-state index is 13.7. The van der Waals surface area contributed by atoms with Crippen molar-refractivity contribution in [3.8, 4) is 0 Å². The van der Waals surface area contributed by atoms with E-state index in [-0.39, 0.29) is 12.5 Å². The smallest absolute Gasteiger partial charge is 0.133 e. The SMILES string of the molecule is NC1CCCCc2nc(Cc3ccc(F)cc3F)ncc21. The Morgan fingerprint density at radius 1 is 1.24 bits per heavy atom. The molecule has 1 aliphatic rings. The average molecular weight is 289 g/mol. The van der Waals surface area contributed by atoms with Gasteiger partial charge in [0.2, 0.25) is 0 Å². The second kappa shape index (κ2) is 5.85. The first-order valence-electron chi connectivity index (χ1n) is 7.17. The van der Waals surface area contributed by atoms with Crippen molar-refractivity contribution < 1.29 is 8.78 Å². The highest BCUT2D eigenvalue weighted by Gasteiger charge is 2.18. The summed E-state index contributed by atoms with van der Waals surface area (Å²) in [5.74, 6) is -0.594. The van der Waals surface area contributed by atoms with Crippen LogP contribution < -0.4 is 5.73 Å². The molecule has 1 aromatic carbocycles. The van der Waals surface area contributed by atoms with Gasteiger partial charge in [0, 0.05) is 36.0 Å². The zero-order chi connectivity index (χ0) is 14.8. The van der Waals surface area contributed by atoms with Crippen molar-refractivity contribution in [2.24, 2.45) is 5.73 Å². The van der Waals surface area contributed by atoms with Crippen LogP contribution >= 0.6 is 0 Å². The average Bonchev–Trinajstić information content (AvgIpc) is 2.64. The lowest BCUT2D eigenvalue weighted by molar-refractivity contribution is 0.573. The van der Waals surface area contributed by atoms with E-state index < -0.39 is 11.6 Å². The molecule has 1 aromatic heterocycles. The molecule has 1 atom stereocenters. The summed E-state index contributed by atoms with van der Waals surface area (Å²) in [6, 6.07) is 3.55. The molecule has 0 saturated heterocycles. The van der Waals surface area contributed by atoms with Crippen molar-refractivity contribution in [2.45, 2.75) is 38.1 Å². The zero-order valence-corrected chi connectivity index (χ0v) is 11.6. The van der Waals surface area contributed by atoms with Gasteiger partial charge in [0.05, 0.1) is 0 Å². The zero-order valence-electron chi connectivity index (χ0n) is 11.6. The fraction of sp³-hybridized carbons (Fsp3) is 0.375. The quantitative estimate of drug-likeness (QED) is 0.864. The van der Waals surface area contributed by atoms with Crippen LogP contribution in [0.25, 0.3) is 0 Å². The number of halogens is 2. The number of aromatic nitrogens is 2. The molecule has 1 heterocycles. The second-order valence-electron chi connectivity index (χ2n) is 5.45. The van der Waals surface area contributed by atoms with E-state index in [2.05, 4.69) is 9.97 Å². The van der Waals surface area contributed by atoms with Crippen LogP contribution in [0.4, 0.5) is 8.78 Å². The lowest BCUT2D eigenvalue weighted by Gasteiger charge is -2.12. The van der Waals surface area contributed by atoms with Gasteiger partial charge in [-0.15, -0.1) is 0 Å². The molecular weight excluding hydrogens is 272 g/mol. The summed E-state index contributed by atoms with van der Waals surface area (Å²) in [6.07, 6.45) is 5.98. The van der Waals surface area contributed by atoms with E-state index in [1.54, 1.807) is 6.20 Å². The van der Waals surface area contributed by atoms with Crippen molar-refractivity contribution in [3.05, 3.63) is 58.7 Å². The van der Waals surface area contributed by atoms with Crippen LogP contribution in [0, 0.1) is 11.6 Å². The van der Waals surface area contributed by atoms with E-state index in [9.17, 15) is 8.78 Å². The molecule has 3 nitrogen and oxygen atoms in total. The maximum absolute atomic E-state index is 13.7. The number of rotatable bonds is 2. The molecule has 0 amide bonds. The van der Waals surface area contributed by atoms with E-state index in [1.807, 2.05) is 0 Å². The Balaban J connectivity index is 1.88. The number of aryl methyl sites for hydroxylation is 1. The summed E-state index contributed by atoms with van der Waals surface area (Å²) in [5, 5.41) is 0. The van der Waals surface area contributed by atoms with Crippen LogP contribution in [-0.4, -0.2) is 9.97 Å². The number of hydrogen-bond acceptors (Lipinski definition) is 3. The third-order valence-corrected chi connectivity index (χ3v) is 3.89. The molecule has 1 unspecified atom stereocenters. The molecule has 5 heteroatoms. The standard InChI is InChI=1S/C16H17F2N3/c17-11-6-5-10(13(18)8-11)7-16-20-9-12-14(19)3-1-2-4-15(12)21-16/h5-6,8-9,14H,1-4,7,19H2. The molecule has 0 radical (unpaired) electrons. The molecule has 110 valence electrons. The lowest BCUT2D eigenvalue weighted by atomic mass is 10.1. The fourth-order valence-corrected chi connectivity index (χ4v) is 2.71. The van der Waals surface area contributed by atoms with Gasteiger partial charge < -0.3 is 5.73 Å². The van der Waals surface area contributed by atoms with E-state index in [0.29, 0.717) is 11.4 Å². The maximum Gasteiger partial charge on any atom is 0.133 e. The summed E-state index contributed by atoms with van der Waals surface area (Å²) in [7, 11) is 0. The highest BCUT2D eigenvalue weighted by atomic mass is 19.1. The van der Waals surface area contributed by atoms with Crippen molar-refractivity contribution in [3.63, 3.8) is 0 Å². The van der Waals surface area contributed by atoms with Crippen LogP contribution in [0.3, 0.4) is 0 Å². The van der Waals surface area contributed by atoms with E-state index in [4.69, 9.17) is 5.73 Å². The second-order valence-corrected chi connectivity index (χ2v) is 5.45. The van der Waals surface area contributed by atoms with Crippen LogP contribution in [-0.2, 0) is 12.8 Å². The third-order valence-electron chi connectivity index (χ3n) is 3.89. The molecule has 3 rings (SSSR count). The first kappa shape index (κ1) is 14.1. The van der Waals surface area contributed by atoms with Gasteiger partial charge in [-0.2, -0.15) is 0 Å². The summed E-state index contributed by atoms with van der Waals surface area (Å²) >= 11 is 0. The van der Waals surface area contributed by atoms with Gasteiger partial charge in [0.25, 0.3) is 0 Å². The van der Waals surface area contributed by atoms with E-state index >= 15 is 0 Å². The van der Waals surface area contributed by atoms with E-state index in [0.717, 1.165) is 43.0 Å². The Morgan fingerprint density at radius 2 is 2.10 bits per heavy atom. The van der Waals surface area contributed by atoms with Crippen LogP contribution in [0.1, 0.15) is 47.9 Å². The first-order valence-corrected chi connectivity index (χ1v) is 7.17. The summed E-state index contributed by atoms with van der Waals surface area (Å²) in [5.41, 5.74) is 8.47. The molecule has 0 spiro atoms. The number of fused-ring (bicyclic) bond motifs is 1. The Labute approximate surface area is 122 Å². The molecule has 0 saturated carbocycles. The monoisotopic (exact) mass is 289 g/mol. The van der Waals surface area contributed by atoms with Gasteiger partial charge in [0.1, 0.15) is 17.5 Å². The van der Waals surface area contributed by atoms with Crippen LogP contribution in [0.15, 0.2) is 24.4 Å². The molecule has 21 heavy (non-hydrogen) atoms.